The van der Waals surface area contributed by atoms with Gasteiger partial charge in [-0.15, -0.1) is 11.3 Å². The second-order valence-corrected chi connectivity index (χ2v) is 5.76. The van der Waals surface area contributed by atoms with E-state index in [1.807, 2.05) is 13.1 Å². The molecule has 0 atom stereocenters. The van der Waals surface area contributed by atoms with E-state index in [0.29, 0.717) is 5.92 Å². The highest BCUT2D eigenvalue weighted by Gasteiger charge is 2.05. The Morgan fingerprint density at radius 3 is 2.71 bits per heavy atom. The molecule has 0 aliphatic carbocycles. The molecule has 0 amide bonds. The summed E-state index contributed by atoms with van der Waals surface area (Å²) < 4.78 is 0. The van der Waals surface area contributed by atoms with Gasteiger partial charge in [0, 0.05) is 16.8 Å². The first kappa shape index (κ1) is 12.1. The third-order valence-corrected chi connectivity index (χ3v) is 3.62. The molecule has 0 aliphatic rings. The van der Waals surface area contributed by atoms with Gasteiger partial charge in [0.25, 0.3) is 0 Å². The molecule has 0 radical (unpaired) electrons. The van der Waals surface area contributed by atoms with Gasteiger partial charge in [-0.3, -0.25) is 0 Å². The Balaban J connectivity index is 2.08. The first-order valence-corrected chi connectivity index (χ1v) is 6.72. The largest absolute Gasteiger partial charge is 0.380 e. The molecular formula is C14H18N2S. The summed E-state index contributed by atoms with van der Waals surface area (Å²) in [6, 6.07) is 8.50. The lowest BCUT2D eigenvalue weighted by Crippen LogP contribution is -2.02. The number of hydrogen-bond acceptors (Lipinski definition) is 3. The van der Waals surface area contributed by atoms with Gasteiger partial charge in [-0.05, 0) is 24.5 Å². The van der Waals surface area contributed by atoms with Crippen LogP contribution >= 0.6 is 11.3 Å². The smallest absolute Gasteiger partial charge is 0.0897 e. The number of hydrogen-bond donors (Lipinski definition) is 1. The average Bonchev–Trinajstić information content (AvgIpc) is 2.73. The molecule has 2 nitrogen and oxygen atoms in total. The third kappa shape index (κ3) is 3.07. The Kier molecular flexibility index (Phi) is 3.79. The van der Waals surface area contributed by atoms with Crippen molar-refractivity contribution in [2.75, 3.05) is 5.32 Å². The maximum Gasteiger partial charge on any atom is 0.0897 e. The predicted octanol–water partition coefficient (Wildman–Crippen LogP) is 4.19. The third-order valence-electron chi connectivity index (χ3n) is 2.71. The Morgan fingerprint density at radius 2 is 2.06 bits per heavy atom. The summed E-state index contributed by atoms with van der Waals surface area (Å²) >= 11 is 1.75. The zero-order chi connectivity index (χ0) is 12.3. The van der Waals surface area contributed by atoms with Crippen molar-refractivity contribution in [2.24, 2.45) is 0 Å². The summed E-state index contributed by atoms with van der Waals surface area (Å²) in [7, 11) is 0. The number of nitrogens with one attached hydrogen (secondary N) is 1. The molecule has 2 rings (SSSR count). The summed E-state index contributed by atoms with van der Waals surface area (Å²) in [6.45, 7) is 7.33. The van der Waals surface area contributed by atoms with Gasteiger partial charge in [0.05, 0.1) is 11.6 Å². The zero-order valence-electron chi connectivity index (χ0n) is 10.5. The number of rotatable bonds is 4. The summed E-state index contributed by atoms with van der Waals surface area (Å²) in [5.74, 6) is 0.543. The molecule has 0 unspecified atom stereocenters. The number of aryl methyl sites for hydroxylation is 1. The fourth-order valence-corrected chi connectivity index (χ4v) is 2.57. The van der Waals surface area contributed by atoms with Crippen LogP contribution in [-0.2, 0) is 6.54 Å². The first-order chi connectivity index (χ1) is 8.16. The summed E-state index contributed by atoms with van der Waals surface area (Å²) in [4.78, 5) is 5.54. The summed E-state index contributed by atoms with van der Waals surface area (Å²) in [5, 5.41) is 4.62. The molecule has 1 N–H and O–H groups in total. The molecule has 1 heterocycles. The number of aromatic nitrogens is 1. The van der Waals surface area contributed by atoms with Gasteiger partial charge in [-0.2, -0.15) is 0 Å². The van der Waals surface area contributed by atoms with E-state index in [9.17, 15) is 0 Å². The van der Waals surface area contributed by atoms with Crippen molar-refractivity contribution < 1.29 is 0 Å². The summed E-state index contributed by atoms with van der Waals surface area (Å²) in [5.41, 5.74) is 2.60. The van der Waals surface area contributed by atoms with E-state index in [2.05, 4.69) is 48.4 Å². The molecule has 2 aromatic rings. The van der Waals surface area contributed by atoms with E-state index in [1.54, 1.807) is 11.3 Å². The molecule has 3 heteroatoms. The molecule has 90 valence electrons. The predicted molar refractivity (Wildman–Crippen MR) is 74.7 cm³/mol. The van der Waals surface area contributed by atoms with E-state index in [-0.39, 0.29) is 0 Å². The number of benzene rings is 1. The number of anilines is 1. The maximum absolute atomic E-state index is 4.26. The van der Waals surface area contributed by atoms with Gasteiger partial charge in [0.1, 0.15) is 0 Å². The van der Waals surface area contributed by atoms with Crippen LogP contribution in [-0.4, -0.2) is 4.98 Å². The van der Waals surface area contributed by atoms with Crippen molar-refractivity contribution in [1.82, 2.24) is 4.98 Å². The van der Waals surface area contributed by atoms with Gasteiger partial charge in [0.15, 0.2) is 0 Å². The molecule has 1 aromatic carbocycles. The van der Waals surface area contributed by atoms with Crippen LogP contribution < -0.4 is 5.32 Å². The Hall–Kier alpha value is -1.35. The fraction of sp³-hybridized carbons (Fsp3) is 0.357. The minimum Gasteiger partial charge on any atom is -0.380 e. The van der Waals surface area contributed by atoms with Gasteiger partial charge >= 0.3 is 0 Å². The molecule has 0 spiro atoms. The molecule has 0 fully saturated rings. The van der Waals surface area contributed by atoms with Crippen molar-refractivity contribution in [3.63, 3.8) is 0 Å². The van der Waals surface area contributed by atoms with Crippen LogP contribution in [0.5, 0.6) is 0 Å². The molecular weight excluding hydrogens is 228 g/mol. The first-order valence-electron chi connectivity index (χ1n) is 5.91. The van der Waals surface area contributed by atoms with E-state index in [1.165, 1.54) is 16.1 Å². The lowest BCUT2D eigenvalue weighted by Gasteiger charge is -2.13. The molecule has 17 heavy (non-hydrogen) atoms. The van der Waals surface area contributed by atoms with Crippen LogP contribution in [0.25, 0.3) is 0 Å². The minimum absolute atomic E-state index is 0.543. The Bertz CT molecular complexity index is 488. The highest BCUT2D eigenvalue weighted by Crippen LogP contribution is 2.24. The standard InChI is InChI=1S/C14H18N2S/c1-10(2)13-6-4-5-7-14(13)16-9-12-8-15-11(3)17-12/h4-8,10,16H,9H2,1-3H3. The van der Waals surface area contributed by atoms with E-state index in [0.717, 1.165) is 11.6 Å². The van der Waals surface area contributed by atoms with Crippen LogP contribution in [0.1, 0.15) is 35.2 Å². The topological polar surface area (TPSA) is 24.9 Å². The Morgan fingerprint density at radius 1 is 1.29 bits per heavy atom. The molecule has 1 aromatic heterocycles. The monoisotopic (exact) mass is 246 g/mol. The van der Waals surface area contributed by atoms with Gasteiger partial charge < -0.3 is 5.32 Å². The number of para-hydroxylation sites is 1. The van der Waals surface area contributed by atoms with Crippen molar-refractivity contribution in [3.05, 3.63) is 45.9 Å². The molecule has 0 bridgehead atoms. The van der Waals surface area contributed by atoms with Crippen LogP contribution in [0.3, 0.4) is 0 Å². The van der Waals surface area contributed by atoms with Crippen molar-refractivity contribution in [3.8, 4) is 0 Å². The number of nitrogens with zero attached hydrogens (tertiary/aromatic N) is 1. The van der Waals surface area contributed by atoms with E-state index >= 15 is 0 Å². The van der Waals surface area contributed by atoms with Crippen molar-refractivity contribution in [1.29, 1.82) is 0 Å². The molecule has 0 saturated carbocycles. The van der Waals surface area contributed by atoms with Gasteiger partial charge in [0.2, 0.25) is 0 Å². The maximum atomic E-state index is 4.26. The van der Waals surface area contributed by atoms with E-state index in [4.69, 9.17) is 0 Å². The SMILES string of the molecule is Cc1ncc(CNc2ccccc2C(C)C)s1. The quantitative estimate of drug-likeness (QED) is 0.875. The lowest BCUT2D eigenvalue weighted by atomic mass is 10.0. The average molecular weight is 246 g/mol. The van der Waals surface area contributed by atoms with E-state index < -0.39 is 0 Å². The number of thiazole rings is 1. The van der Waals surface area contributed by atoms with Crippen LogP contribution in [0.2, 0.25) is 0 Å². The van der Waals surface area contributed by atoms with Crippen molar-refractivity contribution in [2.45, 2.75) is 33.2 Å². The van der Waals surface area contributed by atoms with Crippen molar-refractivity contribution >= 4 is 17.0 Å². The highest BCUT2D eigenvalue weighted by molar-refractivity contribution is 7.11. The second-order valence-electron chi connectivity index (χ2n) is 4.44. The fourth-order valence-electron chi connectivity index (χ4n) is 1.83. The van der Waals surface area contributed by atoms with Gasteiger partial charge in [-0.1, -0.05) is 32.0 Å². The van der Waals surface area contributed by atoms with Crippen LogP contribution in [0.4, 0.5) is 5.69 Å². The minimum atomic E-state index is 0.543. The normalized spacial score (nSPS) is 10.8. The zero-order valence-corrected chi connectivity index (χ0v) is 11.3. The molecule has 0 aliphatic heterocycles. The van der Waals surface area contributed by atoms with Gasteiger partial charge in [-0.25, -0.2) is 4.98 Å². The second kappa shape index (κ2) is 5.32. The van der Waals surface area contributed by atoms with Crippen LogP contribution in [0, 0.1) is 6.92 Å². The Labute approximate surface area is 107 Å². The molecule has 0 saturated heterocycles. The van der Waals surface area contributed by atoms with Crippen LogP contribution in [0.15, 0.2) is 30.5 Å². The highest BCUT2D eigenvalue weighted by atomic mass is 32.1. The lowest BCUT2D eigenvalue weighted by molar-refractivity contribution is 0.866. The summed E-state index contributed by atoms with van der Waals surface area (Å²) in [6.07, 6.45) is 1.95.